The van der Waals surface area contributed by atoms with E-state index in [9.17, 15) is 24.5 Å². The van der Waals surface area contributed by atoms with E-state index in [1.165, 1.54) is 49.5 Å². The molecule has 0 aromatic heterocycles. The van der Waals surface area contributed by atoms with Crippen LogP contribution >= 0.6 is 0 Å². The Labute approximate surface area is 234 Å². The standard InChI is InChI=1S/C30H23N3O8/c1-20(39-26-15-9-8-14-25(26)33(37)38)28(34)32-31-19-23-16-17-24(40-29(35)21-10-4-2-5-11-21)18-27(23)41-30(36)22-12-6-3-7-13-22/h2-20H,1H3,(H,32,34)/b31-19-/t20-/m0/s1. The van der Waals surface area contributed by atoms with Crippen LogP contribution in [0, 0.1) is 10.1 Å². The van der Waals surface area contributed by atoms with E-state index in [0.29, 0.717) is 5.56 Å². The summed E-state index contributed by atoms with van der Waals surface area (Å²) in [6.07, 6.45) is 0.106. The van der Waals surface area contributed by atoms with Gasteiger partial charge >= 0.3 is 17.6 Å². The number of hydrazone groups is 1. The second kappa shape index (κ2) is 13.3. The van der Waals surface area contributed by atoms with Crippen LogP contribution in [-0.2, 0) is 4.79 Å². The van der Waals surface area contributed by atoms with Gasteiger partial charge in [0, 0.05) is 17.7 Å². The minimum atomic E-state index is -1.12. The number of hydrogen-bond donors (Lipinski definition) is 1. The van der Waals surface area contributed by atoms with Crippen molar-refractivity contribution >= 4 is 29.7 Å². The first-order chi connectivity index (χ1) is 19.8. The summed E-state index contributed by atoms with van der Waals surface area (Å²) in [5.41, 5.74) is 2.91. The van der Waals surface area contributed by atoms with Gasteiger partial charge in [-0.3, -0.25) is 14.9 Å². The van der Waals surface area contributed by atoms with Gasteiger partial charge in [0.05, 0.1) is 22.3 Å². The average Bonchev–Trinajstić information content (AvgIpc) is 2.99. The molecule has 1 atom stereocenters. The molecule has 11 heteroatoms. The Balaban J connectivity index is 1.50. The van der Waals surface area contributed by atoms with Crippen LogP contribution in [0.2, 0.25) is 0 Å². The molecule has 0 bridgehead atoms. The van der Waals surface area contributed by atoms with Gasteiger partial charge in [0.25, 0.3) is 5.91 Å². The molecule has 0 saturated heterocycles. The average molecular weight is 554 g/mol. The van der Waals surface area contributed by atoms with Crippen LogP contribution < -0.4 is 19.6 Å². The third kappa shape index (κ3) is 7.60. The van der Waals surface area contributed by atoms with Crippen molar-refractivity contribution in [1.29, 1.82) is 0 Å². The molecule has 0 heterocycles. The zero-order chi connectivity index (χ0) is 29.2. The Kier molecular flexibility index (Phi) is 9.13. The van der Waals surface area contributed by atoms with Gasteiger partial charge in [-0.25, -0.2) is 15.0 Å². The number of benzene rings is 4. The van der Waals surface area contributed by atoms with Gasteiger partial charge in [-0.15, -0.1) is 0 Å². The number of nitro benzene ring substituents is 1. The molecule has 206 valence electrons. The number of para-hydroxylation sites is 2. The van der Waals surface area contributed by atoms with Gasteiger partial charge in [0.15, 0.2) is 11.9 Å². The monoisotopic (exact) mass is 553 g/mol. The molecule has 0 aliphatic heterocycles. The van der Waals surface area contributed by atoms with Crippen molar-refractivity contribution in [2.45, 2.75) is 13.0 Å². The molecule has 0 unspecified atom stereocenters. The quantitative estimate of drug-likeness (QED) is 0.0954. The SMILES string of the molecule is C[C@H](Oc1ccccc1[N+](=O)[O-])C(=O)N/N=C\c1ccc(OC(=O)c2ccccc2)cc1OC(=O)c1ccccc1. The zero-order valence-electron chi connectivity index (χ0n) is 21.6. The first-order valence-electron chi connectivity index (χ1n) is 12.2. The molecule has 0 fully saturated rings. The third-order valence-electron chi connectivity index (χ3n) is 5.53. The largest absolute Gasteiger partial charge is 0.474 e. The molecule has 0 radical (unpaired) electrons. The van der Waals surface area contributed by atoms with E-state index < -0.39 is 28.9 Å². The van der Waals surface area contributed by atoms with Crippen molar-refractivity contribution in [2.24, 2.45) is 5.10 Å². The van der Waals surface area contributed by atoms with Crippen LogP contribution in [0.25, 0.3) is 0 Å². The van der Waals surface area contributed by atoms with Crippen molar-refractivity contribution in [3.8, 4) is 17.2 Å². The molecule has 11 nitrogen and oxygen atoms in total. The molecule has 0 saturated carbocycles. The maximum Gasteiger partial charge on any atom is 0.343 e. The highest BCUT2D eigenvalue weighted by Gasteiger charge is 2.20. The highest BCUT2D eigenvalue weighted by molar-refractivity contribution is 5.94. The lowest BCUT2D eigenvalue weighted by Crippen LogP contribution is -2.33. The molecule has 0 aliphatic rings. The van der Waals surface area contributed by atoms with E-state index in [-0.39, 0.29) is 34.1 Å². The van der Waals surface area contributed by atoms with Crippen molar-refractivity contribution in [3.63, 3.8) is 0 Å². The fourth-order valence-corrected chi connectivity index (χ4v) is 3.45. The Hall–Kier alpha value is -5.84. The summed E-state index contributed by atoms with van der Waals surface area (Å²) in [6.45, 7) is 1.41. The lowest BCUT2D eigenvalue weighted by atomic mass is 10.2. The van der Waals surface area contributed by atoms with E-state index in [1.807, 2.05) is 0 Å². The molecular formula is C30H23N3O8. The maximum atomic E-state index is 12.7. The summed E-state index contributed by atoms with van der Waals surface area (Å²) >= 11 is 0. The summed E-state index contributed by atoms with van der Waals surface area (Å²) in [5.74, 6) is -1.90. The summed E-state index contributed by atoms with van der Waals surface area (Å²) < 4.78 is 16.4. The number of ether oxygens (including phenoxy) is 3. The molecule has 4 rings (SSSR count). The van der Waals surface area contributed by atoms with Gasteiger partial charge < -0.3 is 14.2 Å². The lowest BCUT2D eigenvalue weighted by molar-refractivity contribution is -0.386. The minimum Gasteiger partial charge on any atom is -0.474 e. The fraction of sp³-hybridized carbons (Fsp3) is 0.0667. The number of nitrogens with zero attached hydrogens (tertiary/aromatic N) is 2. The molecular weight excluding hydrogens is 530 g/mol. The number of nitrogens with one attached hydrogen (secondary N) is 1. The van der Waals surface area contributed by atoms with Crippen LogP contribution in [0.1, 0.15) is 33.2 Å². The Bertz CT molecular complexity index is 1590. The minimum absolute atomic E-state index is 0.0134. The number of nitro groups is 1. The number of amides is 1. The highest BCUT2D eigenvalue weighted by Crippen LogP contribution is 2.27. The number of carbonyl (C=O) groups excluding carboxylic acids is 3. The summed E-state index contributed by atoms with van der Waals surface area (Å²) in [4.78, 5) is 48.3. The topological polar surface area (TPSA) is 146 Å². The third-order valence-corrected chi connectivity index (χ3v) is 5.53. The van der Waals surface area contributed by atoms with E-state index in [0.717, 1.165) is 0 Å². The van der Waals surface area contributed by atoms with E-state index in [1.54, 1.807) is 66.7 Å². The summed E-state index contributed by atoms with van der Waals surface area (Å²) in [7, 11) is 0. The van der Waals surface area contributed by atoms with Crippen molar-refractivity contribution in [1.82, 2.24) is 5.43 Å². The number of carbonyl (C=O) groups is 3. The second-order valence-electron chi connectivity index (χ2n) is 8.43. The Morgan fingerprint density at radius 1 is 0.805 bits per heavy atom. The molecule has 4 aromatic rings. The molecule has 0 spiro atoms. The molecule has 1 amide bonds. The van der Waals surface area contributed by atoms with Crippen molar-refractivity contribution < 1.29 is 33.5 Å². The Morgan fingerprint density at radius 2 is 1.39 bits per heavy atom. The van der Waals surface area contributed by atoms with E-state index in [4.69, 9.17) is 14.2 Å². The molecule has 0 aliphatic carbocycles. The maximum absolute atomic E-state index is 12.7. The first kappa shape index (κ1) is 28.2. The molecule has 41 heavy (non-hydrogen) atoms. The second-order valence-corrected chi connectivity index (χ2v) is 8.43. The number of hydrogen-bond acceptors (Lipinski definition) is 9. The summed E-state index contributed by atoms with van der Waals surface area (Å²) in [5, 5.41) is 15.1. The van der Waals surface area contributed by atoms with Crippen LogP contribution in [-0.4, -0.2) is 35.1 Å². The van der Waals surface area contributed by atoms with Gasteiger partial charge in [-0.05, 0) is 49.4 Å². The molecule has 1 N–H and O–H groups in total. The fourth-order valence-electron chi connectivity index (χ4n) is 3.45. The lowest BCUT2D eigenvalue weighted by Gasteiger charge is -2.13. The van der Waals surface area contributed by atoms with Crippen LogP contribution in [0.15, 0.2) is 108 Å². The van der Waals surface area contributed by atoms with Crippen molar-refractivity contribution in [3.05, 3.63) is 130 Å². The highest BCUT2D eigenvalue weighted by atomic mass is 16.6. The van der Waals surface area contributed by atoms with Gasteiger partial charge in [0.2, 0.25) is 0 Å². The van der Waals surface area contributed by atoms with Crippen LogP contribution in [0.4, 0.5) is 5.69 Å². The first-order valence-corrected chi connectivity index (χ1v) is 12.2. The normalized spacial score (nSPS) is 11.3. The van der Waals surface area contributed by atoms with E-state index in [2.05, 4.69) is 10.5 Å². The number of esters is 2. The van der Waals surface area contributed by atoms with Crippen LogP contribution in [0.3, 0.4) is 0 Å². The van der Waals surface area contributed by atoms with E-state index >= 15 is 0 Å². The summed E-state index contributed by atoms with van der Waals surface area (Å²) in [6, 6.07) is 26.6. The van der Waals surface area contributed by atoms with Crippen LogP contribution in [0.5, 0.6) is 17.2 Å². The molecule has 4 aromatic carbocycles. The van der Waals surface area contributed by atoms with Gasteiger partial charge in [-0.2, -0.15) is 5.10 Å². The number of rotatable bonds is 10. The zero-order valence-corrected chi connectivity index (χ0v) is 21.6. The Morgan fingerprint density at radius 3 is 2.02 bits per heavy atom. The van der Waals surface area contributed by atoms with Crippen molar-refractivity contribution in [2.75, 3.05) is 0 Å². The van der Waals surface area contributed by atoms with Gasteiger partial charge in [-0.1, -0.05) is 48.5 Å². The predicted molar refractivity (Wildman–Crippen MR) is 148 cm³/mol. The smallest absolute Gasteiger partial charge is 0.343 e. The van der Waals surface area contributed by atoms with Gasteiger partial charge in [0.1, 0.15) is 11.5 Å². The predicted octanol–water partition coefficient (Wildman–Crippen LogP) is 4.95.